The molecule has 1 N–H and O–H groups in total. The van der Waals surface area contributed by atoms with Crippen molar-refractivity contribution in [1.82, 2.24) is 4.90 Å². The molecule has 2 aromatic rings. The van der Waals surface area contributed by atoms with Crippen LogP contribution < -0.4 is 10.2 Å². The molecule has 0 aliphatic carbocycles. The van der Waals surface area contributed by atoms with E-state index >= 15 is 0 Å². The van der Waals surface area contributed by atoms with Crippen molar-refractivity contribution in [2.75, 3.05) is 36.4 Å². The Labute approximate surface area is 190 Å². The highest BCUT2D eigenvalue weighted by Gasteiger charge is 2.27. The molecule has 0 aromatic heterocycles. The van der Waals surface area contributed by atoms with Crippen LogP contribution in [-0.4, -0.2) is 48.7 Å². The van der Waals surface area contributed by atoms with E-state index in [1.165, 1.54) is 6.07 Å². The summed E-state index contributed by atoms with van der Waals surface area (Å²) in [6, 6.07) is 10.0. The molecule has 1 heterocycles. The number of rotatable bonds is 3. The van der Waals surface area contributed by atoms with Crippen molar-refractivity contribution in [3.05, 3.63) is 57.8 Å². The predicted octanol–water partition coefficient (Wildman–Crippen LogP) is 5.21. The van der Waals surface area contributed by atoms with Gasteiger partial charge in [-0.1, -0.05) is 15.9 Å². The second-order valence-electron chi connectivity index (χ2n) is 8.53. The van der Waals surface area contributed by atoms with Crippen LogP contribution in [0.4, 0.5) is 20.6 Å². The SMILES string of the molecule is Cc1cc(Br)ccc1C(=O)Nc1ccc(N2CCN(C(=O)OC(C)(C)C)CC2)c(F)c1. The van der Waals surface area contributed by atoms with Gasteiger partial charge in [-0.05, 0) is 69.7 Å². The number of amides is 2. The molecule has 2 aromatic carbocycles. The number of hydrogen-bond donors (Lipinski definition) is 1. The molecular formula is C23H27BrFN3O3. The molecule has 1 fully saturated rings. The van der Waals surface area contributed by atoms with Crippen LogP contribution in [0.25, 0.3) is 0 Å². The third kappa shape index (κ3) is 5.97. The zero-order chi connectivity index (χ0) is 22.8. The van der Waals surface area contributed by atoms with Gasteiger partial charge in [0.25, 0.3) is 5.91 Å². The van der Waals surface area contributed by atoms with E-state index < -0.39 is 11.4 Å². The Morgan fingerprint density at radius 1 is 1.06 bits per heavy atom. The van der Waals surface area contributed by atoms with E-state index in [1.54, 1.807) is 29.2 Å². The van der Waals surface area contributed by atoms with Crippen molar-refractivity contribution in [1.29, 1.82) is 0 Å². The van der Waals surface area contributed by atoms with Crippen LogP contribution in [0.3, 0.4) is 0 Å². The third-order valence-electron chi connectivity index (χ3n) is 4.91. The van der Waals surface area contributed by atoms with E-state index in [4.69, 9.17) is 4.74 Å². The Balaban J connectivity index is 1.62. The van der Waals surface area contributed by atoms with Crippen molar-refractivity contribution >= 4 is 39.3 Å². The number of aryl methyl sites for hydroxylation is 1. The molecule has 1 saturated heterocycles. The number of nitrogens with zero attached hydrogens (tertiary/aromatic N) is 2. The van der Waals surface area contributed by atoms with Crippen molar-refractivity contribution in [3.8, 4) is 0 Å². The van der Waals surface area contributed by atoms with Gasteiger partial charge in [0.15, 0.2) is 0 Å². The summed E-state index contributed by atoms with van der Waals surface area (Å²) in [7, 11) is 0. The Hall–Kier alpha value is -2.61. The quantitative estimate of drug-likeness (QED) is 0.640. The monoisotopic (exact) mass is 491 g/mol. The molecule has 1 aliphatic rings. The van der Waals surface area contributed by atoms with Crippen LogP contribution in [0.15, 0.2) is 40.9 Å². The maximum absolute atomic E-state index is 14.8. The molecule has 3 rings (SSSR count). The van der Waals surface area contributed by atoms with Gasteiger partial charge in [-0.3, -0.25) is 4.79 Å². The van der Waals surface area contributed by atoms with Gasteiger partial charge in [-0.15, -0.1) is 0 Å². The Kier molecular flexibility index (Phi) is 6.89. The first-order valence-corrected chi connectivity index (χ1v) is 10.9. The number of hydrogen-bond acceptors (Lipinski definition) is 4. The molecule has 0 spiro atoms. The Morgan fingerprint density at radius 3 is 2.32 bits per heavy atom. The summed E-state index contributed by atoms with van der Waals surface area (Å²) in [6.07, 6.45) is -0.353. The third-order valence-corrected chi connectivity index (χ3v) is 5.40. The van der Waals surface area contributed by atoms with Crippen molar-refractivity contribution < 1.29 is 18.7 Å². The molecule has 6 nitrogen and oxygen atoms in total. The molecule has 0 saturated carbocycles. The number of piperazine rings is 1. The zero-order valence-corrected chi connectivity index (χ0v) is 19.8. The first-order valence-electron chi connectivity index (χ1n) is 10.1. The lowest BCUT2D eigenvalue weighted by Gasteiger charge is -2.36. The van der Waals surface area contributed by atoms with E-state index in [9.17, 15) is 14.0 Å². The summed E-state index contributed by atoms with van der Waals surface area (Å²) >= 11 is 3.38. The topological polar surface area (TPSA) is 61.9 Å². The molecule has 0 atom stereocenters. The second kappa shape index (κ2) is 9.26. The Morgan fingerprint density at radius 2 is 1.74 bits per heavy atom. The summed E-state index contributed by atoms with van der Waals surface area (Å²) in [4.78, 5) is 28.3. The molecule has 2 amide bonds. The van der Waals surface area contributed by atoms with Gasteiger partial charge in [0.05, 0.1) is 5.69 Å². The molecular weight excluding hydrogens is 465 g/mol. The van der Waals surface area contributed by atoms with Crippen molar-refractivity contribution in [3.63, 3.8) is 0 Å². The van der Waals surface area contributed by atoms with Crippen LogP contribution in [0.5, 0.6) is 0 Å². The lowest BCUT2D eigenvalue weighted by molar-refractivity contribution is 0.0240. The van der Waals surface area contributed by atoms with Crippen molar-refractivity contribution in [2.24, 2.45) is 0 Å². The molecule has 166 valence electrons. The van der Waals surface area contributed by atoms with E-state index in [0.29, 0.717) is 43.1 Å². The zero-order valence-electron chi connectivity index (χ0n) is 18.2. The lowest BCUT2D eigenvalue weighted by atomic mass is 10.1. The normalized spacial score (nSPS) is 14.4. The van der Waals surface area contributed by atoms with Gasteiger partial charge in [0, 0.05) is 41.9 Å². The van der Waals surface area contributed by atoms with Gasteiger partial charge in [-0.2, -0.15) is 0 Å². The minimum absolute atomic E-state index is 0.289. The molecule has 0 radical (unpaired) electrons. The molecule has 8 heteroatoms. The Bertz CT molecular complexity index is 983. The van der Waals surface area contributed by atoms with E-state index in [-0.39, 0.29) is 12.0 Å². The average Bonchev–Trinajstić information content (AvgIpc) is 2.67. The summed E-state index contributed by atoms with van der Waals surface area (Å²) < 4.78 is 21.1. The van der Waals surface area contributed by atoms with Crippen LogP contribution >= 0.6 is 15.9 Å². The number of anilines is 2. The molecule has 0 unspecified atom stereocenters. The summed E-state index contributed by atoms with van der Waals surface area (Å²) in [5.74, 6) is -0.709. The smallest absolute Gasteiger partial charge is 0.410 e. The lowest BCUT2D eigenvalue weighted by Crippen LogP contribution is -2.50. The fraction of sp³-hybridized carbons (Fsp3) is 0.391. The fourth-order valence-corrected chi connectivity index (χ4v) is 3.85. The number of ether oxygens (including phenoxy) is 1. The van der Waals surface area contributed by atoms with Gasteiger partial charge in [0.2, 0.25) is 0 Å². The summed E-state index contributed by atoms with van der Waals surface area (Å²) in [6.45, 7) is 9.24. The van der Waals surface area contributed by atoms with Crippen LogP contribution in [-0.2, 0) is 4.74 Å². The van der Waals surface area contributed by atoms with Gasteiger partial charge in [0.1, 0.15) is 11.4 Å². The highest BCUT2D eigenvalue weighted by molar-refractivity contribution is 9.10. The minimum Gasteiger partial charge on any atom is -0.444 e. The standard InChI is InChI=1S/C23H27BrFN3O3/c1-15-13-16(24)5-7-18(15)21(29)26-17-6-8-20(19(25)14-17)27-9-11-28(12-10-27)22(30)31-23(2,3)4/h5-8,13-14H,9-12H2,1-4H3,(H,26,29). The first kappa shape index (κ1) is 23.1. The minimum atomic E-state index is -0.546. The number of carbonyl (C=O) groups is 2. The highest BCUT2D eigenvalue weighted by Crippen LogP contribution is 2.25. The van der Waals surface area contributed by atoms with Crippen molar-refractivity contribution in [2.45, 2.75) is 33.3 Å². The van der Waals surface area contributed by atoms with E-state index in [0.717, 1.165) is 10.0 Å². The molecule has 31 heavy (non-hydrogen) atoms. The number of halogens is 2. The van der Waals surface area contributed by atoms with Gasteiger partial charge < -0.3 is 19.9 Å². The van der Waals surface area contributed by atoms with Crippen LogP contribution in [0, 0.1) is 12.7 Å². The largest absolute Gasteiger partial charge is 0.444 e. The van der Waals surface area contributed by atoms with E-state index in [2.05, 4.69) is 21.2 Å². The first-order chi connectivity index (χ1) is 14.5. The summed E-state index contributed by atoms with van der Waals surface area (Å²) in [5.41, 5.74) is 1.65. The number of benzene rings is 2. The molecule has 1 aliphatic heterocycles. The predicted molar refractivity (Wildman–Crippen MR) is 123 cm³/mol. The van der Waals surface area contributed by atoms with Crippen LogP contribution in [0.2, 0.25) is 0 Å². The fourth-order valence-electron chi connectivity index (χ4n) is 3.38. The second-order valence-corrected chi connectivity index (χ2v) is 9.45. The molecule has 0 bridgehead atoms. The maximum Gasteiger partial charge on any atom is 0.410 e. The van der Waals surface area contributed by atoms with Gasteiger partial charge >= 0.3 is 6.09 Å². The average molecular weight is 492 g/mol. The van der Waals surface area contributed by atoms with E-state index in [1.807, 2.05) is 38.7 Å². The summed E-state index contributed by atoms with van der Waals surface area (Å²) in [5, 5.41) is 2.75. The van der Waals surface area contributed by atoms with Crippen LogP contribution in [0.1, 0.15) is 36.7 Å². The number of nitrogens with one attached hydrogen (secondary N) is 1. The number of carbonyl (C=O) groups excluding carboxylic acids is 2. The maximum atomic E-state index is 14.8. The van der Waals surface area contributed by atoms with Gasteiger partial charge in [-0.25, -0.2) is 9.18 Å². The highest BCUT2D eigenvalue weighted by atomic mass is 79.9.